The lowest BCUT2D eigenvalue weighted by Crippen LogP contribution is -2.31. The zero-order valence-electron chi connectivity index (χ0n) is 10.1. The maximum atomic E-state index is 11.0. The number of carboxylic acid groups (broad SMARTS) is 1. The Labute approximate surface area is 110 Å². The van der Waals surface area contributed by atoms with Crippen molar-refractivity contribution in [2.75, 3.05) is 24.6 Å². The van der Waals surface area contributed by atoms with E-state index >= 15 is 0 Å². The molecule has 1 N–H and O–H groups in total. The van der Waals surface area contributed by atoms with Gasteiger partial charge in [-0.05, 0) is 25.5 Å². The van der Waals surface area contributed by atoms with Gasteiger partial charge in [0.1, 0.15) is 5.82 Å². The first-order valence-corrected chi connectivity index (χ1v) is 6.22. The molecule has 1 atom stereocenters. The zero-order chi connectivity index (χ0) is 13.1. The maximum absolute atomic E-state index is 11.0. The van der Waals surface area contributed by atoms with Crippen molar-refractivity contribution in [1.29, 1.82) is 0 Å². The van der Waals surface area contributed by atoms with Crippen LogP contribution in [0.1, 0.15) is 23.8 Å². The fourth-order valence-electron chi connectivity index (χ4n) is 1.96. The Bertz CT molecular complexity index is 453. The van der Waals surface area contributed by atoms with E-state index in [0.29, 0.717) is 12.4 Å². The van der Waals surface area contributed by atoms with Crippen LogP contribution in [0.25, 0.3) is 0 Å². The first-order chi connectivity index (χ1) is 8.58. The maximum Gasteiger partial charge on any atom is 0.356 e. The molecule has 0 bridgehead atoms. The average Bonchev–Trinajstić information content (AvgIpc) is 2.54. The van der Waals surface area contributed by atoms with Gasteiger partial charge in [0.2, 0.25) is 0 Å². The number of halogens is 1. The molecule has 0 aromatic carbocycles. The van der Waals surface area contributed by atoms with Crippen molar-refractivity contribution in [3.05, 3.63) is 22.8 Å². The van der Waals surface area contributed by atoms with Crippen LogP contribution in [0.3, 0.4) is 0 Å². The van der Waals surface area contributed by atoms with Crippen molar-refractivity contribution < 1.29 is 14.6 Å². The van der Waals surface area contributed by atoms with E-state index in [1.165, 1.54) is 0 Å². The van der Waals surface area contributed by atoms with Gasteiger partial charge < -0.3 is 14.7 Å². The van der Waals surface area contributed by atoms with E-state index in [-0.39, 0.29) is 16.8 Å². The molecule has 1 saturated heterocycles. The molecule has 98 valence electrons. The molecule has 0 saturated carbocycles. The van der Waals surface area contributed by atoms with Crippen molar-refractivity contribution >= 4 is 23.4 Å². The Hall–Kier alpha value is -1.33. The van der Waals surface area contributed by atoms with E-state index in [1.54, 1.807) is 12.1 Å². The van der Waals surface area contributed by atoms with Crippen LogP contribution in [0, 0.1) is 0 Å². The van der Waals surface area contributed by atoms with Crippen LogP contribution in [-0.2, 0) is 4.74 Å². The minimum absolute atomic E-state index is 0.105. The number of nitrogens with zero attached hydrogens (tertiary/aromatic N) is 2. The second-order valence-corrected chi connectivity index (χ2v) is 4.69. The highest BCUT2D eigenvalue weighted by molar-refractivity contribution is 6.33. The number of aromatic nitrogens is 1. The number of ether oxygens (including phenoxy) is 1. The SMILES string of the molecule is CC1CN(c2ccc(Cl)c(C(=O)O)n2)CCCO1. The van der Waals surface area contributed by atoms with Crippen LogP contribution in [0.2, 0.25) is 5.02 Å². The fourth-order valence-corrected chi connectivity index (χ4v) is 2.15. The zero-order valence-corrected chi connectivity index (χ0v) is 10.9. The van der Waals surface area contributed by atoms with Crippen LogP contribution in [0.5, 0.6) is 0 Å². The lowest BCUT2D eigenvalue weighted by molar-refractivity contribution is 0.0691. The molecule has 2 heterocycles. The molecule has 1 unspecified atom stereocenters. The van der Waals surface area contributed by atoms with Gasteiger partial charge >= 0.3 is 5.97 Å². The van der Waals surface area contributed by atoms with Gasteiger partial charge in [-0.25, -0.2) is 9.78 Å². The van der Waals surface area contributed by atoms with E-state index in [4.69, 9.17) is 21.4 Å². The summed E-state index contributed by atoms with van der Waals surface area (Å²) in [6.07, 6.45) is 1.01. The molecule has 1 aliphatic heterocycles. The molecule has 18 heavy (non-hydrogen) atoms. The third-order valence-electron chi connectivity index (χ3n) is 2.81. The number of carboxylic acids is 1. The Morgan fingerprint density at radius 3 is 3.11 bits per heavy atom. The van der Waals surface area contributed by atoms with Gasteiger partial charge in [0.15, 0.2) is 5.69 Å². The number of pyridine rings is 1. The average molecular weight is 271 g/mol. The number of anilines is 1. The fraction of sp³-hybridized carbons (Fsp3) is 0.500. The van der Waals surface area contributed by atoms with Crippen LogP contribution >= 0.6 is 11.6 Å². The van der Waals surface area contributed by atoms with Crippen molar-refractivity contribution in [2.24, 2.45) is 0 Å². The molecule has 1 aromatic rings. The molecule has 5 nitrogen and oxygen atoms in total. The second kappa shape index (κ2) is 5.54. The van der Waals surface area contributed by atoms with Crippen molar-refractivity contribution in [3.63, 3.8) is 0 Å². The molecule has 0 amide bonds. The van der Waals surface area contributed by atoms with Crippen LogP contribution in [-0.4, -0.2) is 41.9 Å². The molecule has 0 spiro atoms. The minimum atomic E-state index is -1.11. The summed E-state index contributed by atoms with van der Waals surface area (Å²) in [6, 6.07) is 3.32. The Kier molecular flexibility index (Phi) is 4.04. The van der Waals surface area contributed by atoms with E-state index in [9.17, 15) is 4.79 Å². The topological polar surface area (TPSA) is 62.7 Å². The van der Waals surface area contributed by atoms with E-state index in [0.717, 1.165) is 19.6 Å². The van der Waals surface area contributed by atoms with Crippen molar-refractivity contribution in [2.45, 2.75) is 19.4 Å². The first kappa shape index (κ1) is 13.1. The number of hydrogen-bond acceptors (Lipinski definition) is 4. The lowest BCUT2D eigenvalue weighted by Gasteiger charge is -2.23. The summed E-state index contributed by atoms with van der Waals surface area (Å²) < 4.78 is 5.54. The van der Waals surface area contributed by atoms with Gasteiger partial charge in [0.05, 0.1) is 11.1 Å². The number of carbonyl (C=O) groups is 1. The summed E-state index contributed by atoms with van der Waals surface area (Å²) in [6.45, 7) is 4.22. The number of rotatable bonds is 2. The highest BCUT2D eigenvalue weighted by Crippen LogP contribution is 2.21. The highest BCUT2D eigenvalue weighted by Gasteiger charge is 2.19. The predicted octanol–water partition coefficient (Wildman–Crippen LogP) is 2.05. The largest absolute Gasteiger partial charge is 0.476 e. The van der Waals surface area contributed by atoms with Gasteiger partial charge in [-0.3, -0.25) is 0 Å². The van der Waals surface area contributed by atoms with E-state index < -0.39 is 5.97 Å². The monoisotopic (exact) mass is 270 g/mol. The lowest BCUT2D eigenvalue weighted by atomic mass is 10.3. The molecule has 0 radical (unpaired) electrons. The molecular formula is C12H15ClN2O3. The molecular weight excluding hydrogens is 256 g/mol. The van der Waals surface area contributed by atoms with E-state index in [2.05, 4.69) is 4.98 Å². The predicted molar refractivity (Wildman–Crippen MR) is 68.5 cm³/mol. The summed E-state index contributed by atoms with van der Waals surface area (Å²) >= 11 is 5.80. The second-order valence-electron chi connectivity index (χ2n) is 4.29. The van der Waals surface area contributed by atoms with E-state index in [1.807, 2.05) is 11.8 Å². The molecule has 1 fully saturated rings. The first-order valence-electron chi connectivity index (χ1n) is 5.84. The summed E-state index contributed by atoms with van der Waals surface area (Å²) in [5.41, 5.74) is -0.105. The summed E-state index contributed by atoms with van der Waals surface area (Å²) in [5.74, 6) is -0.477. The summed E-state index contributed by atoms with van der Waals surface area (Å²) in [5, 5.41) is 9.16. The Morgan fingerprint density at radius 1 is 1.61 bits per heavy atom. The van der Waals surface area contributed by atoms with Gasteiger partial charge in [-0.2, -0.15) is 0 Å². The Balaban J connectivity index is 2.26. The van der Waals surface area contributed by atoms with Gasteiger partial charge in [-0.15, -0.1) is 0 Å². The summed E-state index contributed by atoms with van der Waals surface area (Å²) in [4.78, 5) is 17.1. The smallest absolute Gasteiger partial charge is 0.356 e. The summed E-state index contributed by atoms with van der Waals surface area (Å²) in [7, 11) is 0. The van der Waals surface area contributed by atoms with Gasteiger partial charge in [-0.1, -0.05) is 11.6 Å². The normalized spacial score (nSPS) is 20.6. The van der Waals surface area contributed by atoms with Crippen LogP contribution in [0.15, 0.2) is 12.1 Å². The highest BCUT2D eigenvalue weighted by atomic mass is 35.5. The molecule has 0 aliphatic carbocycles. The third-order valence-corrected chi connectivity index (χ3v) is 3.12. The van der Waals surface area contributed by atoms with Crippen molar-refractivity contribution in [3.8, 4) is 0 Å². The van der Waals surface area contributed by atoms with Gasteiger partial charge in [0, 0.05) is 19.7 Å². The molecule has 1 aliphatic rings. The minimum Gasteiger partial charge on any atom is -0.476 e. The quantitative estimate of drug-likeness (QED) is 0.891. The molecule has 6 heteroatoms. The van der Waals surface area contributed by atoms with Crippen LogP contribution < -0.4 is 4.90 Å². The number of hydrogen-bond donors (Lipinski definition) is 1. The molecule has 1 aromatic heterocycles. The van der Waals surface area contributed by atoms with Crippen molar-refractivity contribution in [1.82, 2.24) is 4.98 Å². The standard InChI is InChI=1S/C12H15ClN2O3/c1-8-7-15(5-2-6-18-8)10-4-3-9(13)11(14-10)12(16)17/h3-4,8H,2,5-7H2,1H3,(H,16,17). The Morgan fingerprint density at radius 2 is 2.39 bits per heavy atom. The van der Waals surface area contributed by atoms with Crippen LogP contribution in [0.4, 0.5) is 5.82 Å². The third kappa shape index (κ3) is 2.91. The number of aromatic carboxylic acids is 1. The van der Waals surface area contributed by atoms with Gasteiger partial charge in [0.25, 0.3) is 0 Å². The molecule has 2 rings (SSSR count).